The summed E-state index contributed by atoms with van der Waals surface area (Å²) in [6, 6.07) is 5.38. The van der Waals surface area contributed by atoms with Gasteiger partial charge in [-0.2, -0.15) is 0 Å². The highest BCUT2D eigenvalue weighted by Gasteiger charge is 2.27. The van der Waals surface area contributed by atoms with E-state index in [1.54, 1.807) is 12.1 Å². The summed E-state index contributed by atoms with van der Waals surface area (Å²) < 4.78 is 11.1. The summed E-state index contributed by atoms with van der Waals surface area (Å²) in [6.45, 7) is 5.11. The predicted molar refractivity (Wildman–Crippen MR) is 83.6 cm³/mol. The fourth-order valence-electron chi connectivity index (χ4n) is 2.83. The van der Waals surface area contributed by atoms with Crippen molar-refractivity contribution >= 4 is 12.6 Å². The standard InChI is InChI=1S/C16H25BO4/c1-16(2)8-6-13(7-9-16)21-11-12-4-5-15(20-3)14(10-12)17(18)19/h4-5,10,13,18-19H,6-9,11H2,1-3H3. The summed E-state index contributed by atoms with van der Waals surface area (Å²) in [5, 5.41) is 18.7. The lowest BCUT2D eigenvalue weighted by Gasteiger charge is -2.34. The lowest BCUT2D eigenvalue weighted by Crippen LogP contribution is -2.31. The Hall–Kier alpha value is -1.04. The van der Waals surface area contributed by atoms with E-state index in [-0.39, 0.29) is 0 Å². The summed E-state index contributed by atoms with van der Waals surface area (Å²) in [7, 11) is -0.0170. The van der Waals surface area contributed by atoms with Gasteiger partial charge in [0.1, 0.15) is 5.75 Å². The molecule has 5 heteroatoms. The first kappa shape index (κ1) is 16.3. The lowest BCUT2D eigenvalue weighted by atomic mass is 9.76. The van der Waals surface area contributed by atoms with Crippen molar-refractivity contribution in [3.05, 3.63) is 23.8 Å². The Kier molecular flexibility index (Phi) is 5.30. The molecule has 21 heavy (non-hydrogen) atoms. The van der Waals surface area contributed by atoms with Gasteiger partial charge in [0, 0.05) is 5.46 Å². The van der Waals surface area contributed by atoms with Gasteiger partial charge in [-0.05, 0) is 42.7 Å². The molecule has 1 fully saturated rings. The summed E-state index contributed by atoms with van der Waals surface area (Å²) in [5.74, 6) is 0.480. The van der Waals surface area contributed by atoms with Crippen LogP contribution in [-0.2, 0) is 11.3 Å². The van der Waals surface area contributed by atoms with E-state index in [0.29, 0.717) is 29.3 Å². The van der Waals surface area contributed by atoms with E-state index in [1.165, 1.54) is 20.0 Å². The van der Waals surface area contributed by atoms with Gasteiger partial charge in [0.2, 0.25) is 0 Å². The van der Waals surface area contributed by atoms with Gasteiger partial charge in [0.15, 0.2) is 0 Å². The molecule has 0 atom stereocenters. The van der Waals surface area contributed by atoms with Crippen LogP contribution in [0.5, 0.6) is 5.75 Å². The molecule has 2 rings (SSSR count). The second-order valence-electron chi connectivity index (χ2n) is 6.62. The maximum absolute atomic E-state index is 9.37. The molecule has 2 N–H and O–H groups in total. The zero-order chi connectivity index (χ0) is 15.5. The maximum atomic E-state index is 9.37. The minimum Gasteiger partial charge on any atom is -0.497 e. The molecular weight excluding hydrogens is 267 g/mol. The first-order valence-corrected chi connectivity index (χ1v) is 7.56. The Morgan fingerprint density at radius 2 is 1.90 bits per heavy atom. The van der Waals surface area contributed by atoms with Crippen LogP contribution < -0.4 is 10.2 Å². The number of benzene rings is 1. The van der Waals surface area contributed by atoms with E-state index in [4.69, 9.17) is 9.47 Å². The topological polar surface area (TPSA) is 58.9 Å². The molecule has 1 aliphatic carbocycles. The minimum atomic E-state index is -1.53. The first-order chi connectivity index (χ1) is 9.91. The third-order valence-corrected chi connectivity index (χ3v) is 4.34. The molecule has 4 nitrogen and oxygen atoms in total. The van der Waals surface area contributed by atoms with Gasteiger partial charge in [-0.15, -0.1) is 0 Å². The number of hydrogen-bond donors (Lipinski definition) is 2. The molecule has 0 aliphatic heterocycles. The average molecular weight is 292 g/mol. The predicted octanol–water partition coefficient (Wildman–Crippen LogP) is 1.86. The number of hydrogen-bond acceptors (Lipinski definition) is 4. The molecule has 1 aliphatic rings. The van der Waals surface area contributed by atoms with Crippen molar-refractivity contribution in [1.29, 1.82) is 0 Å². The van der Waals surface area contributed by atoms with Crippen LogP contribution >= 0.6 is 0 Å². The van der Waals surface area contributed by atoms with Crippen LogP contribution in [0.4, 0.5) is 0 Å². The van der Waals surface area contributed by atoms with E-state index in [0.717, 1.165) is 18.4 Å². The molecule has 0 radical (unpaired) electrons. The van der Waals surface area contributed by atoms with Crippen molar-refractivity contribution in [2.45, 2.75) is 52.2 Å². The van der Waals surface area contributed by atoms with Crippen molar-refractivity contribution in [3.63, 3.8) is 0 Å². The Labute approximate surface area is 127 Å². The zero-order valence-corrected chi connectivity index (χ0v) is 13.1. The largest absolute Gasteiger partial charge is 0.497 e. The molecule has 0 amide bonds. The van der Waals surface area contributed by atoms with E-state index < -0.39 is 7.12 Å². The lowest BCUT2D eigenvalue weighted by molar-refractivity contribution is -0.00557. The van der Waals surface area contributed by atoms with Crippen molar-refractivity contribution in [1.82, 2.24) is 0 Å². The van der Waals surface area contributed by atoms with Gasteiger partial charge in [-0.25, -0.2) is 0 Å². The van der Waals surface area contributed by atoms with Gasteiger partial charge >= 0.3 is 7.12 Å². The molecule has 1 aromatic carbocycles. The highest BCUT2D eigenvalue weighted by molar-refractivity contribution is 6.59. The van der Waals surface area contributed by atoms with E-state index in [1.807, 2.05) is 6.07 Å². The van der Waals surface area contributed by atoms with Crippen molar-refractivity contribution < 1.29 is 19.5 Å². The highest BCUT2D eigenvalue weighted by atomic mass is 16.5. The molecular formula is C16H25BO4. The molecule has 0 bridgehead atoms. The molecule has 0 heterocycles. The second-order valence-corrected chi connectivity index (χ2v) is 6.62. The van der Waals surface area contributed by atoms with Crippen LogP contribution in [0.25, 0.3) is 0 Å². The zero-order valence-electron chi connectivity index (χ0n) is 13.1. The summed E-state index contributed by atoms with van der Waals surface area (Å²) in [5.41, 5.74) is 1.75. The smallest absolute Gasteiger partial charge is 0.492 e. The second kappa shape index (κ2) is 6.82. The van der Waals surface area contributed by atoms with Crippen LogP contribution in [0.3, 0.4) is 0 Å². The fourth-order valence-corrected chi connectivity index (χ4v) is 2.83. The molecule has 0 saturated heterocycles. The normalized spacial score (nSPS) is 18.5. The SMILES string of the molecule is COc1ccc(COC2CCC(C)(C)CC2)cc1B(O)O. The molecule has 1 aromatic rings. The first-order valence-electron chi connectivity index (χ1n) is 7.56. The number of rotatable bonds is 5. The maximum Gasteiger partial charge on any atom is 0.492 e. The number of ether oxygens (including phenoxy) is 2. The van der Waals surface area contributed by atoms with Crippen LogP contribution in [0.2, 0.25) is 0 Å². The highest BCUT2D eigenvalue weighted by Crippen LogP contribution is 2.36. The van der Waals surface area contributed by atoms with Crippen molar-refractivity contribution in [3.8, 4) is 5.75 Å². The minimum absolute atomic E-state index is 0.308. The Balaban J connectivity index is 1.93. The van der Waals surface area contributed by atoms with E-state index >= 15 is 0 Å². The Morgan fingerprint density at radius 1 is 1.24 bits per heavy atom. The van der Waals surface area contributed by atoms with Crippen LogP contribution in [0, 0.1) is 5.41 Å². The third kappa shape index (κ3) is 4.46. The van der Waals surface area contributed by atoms with Gasteiger partial charge in [0.05, 0.1) is 19.8 Å². The van der Waals surface area contributed by atoms with E-state index in [2.05, 4.69) is 13.8 Å². The quantitative estimate of drug-likeness (QED) is 0.813. The fraction of sp³-hybridized carbons (Fsp3) is 0.625. The Bertz CT molecular complexity index is 463. The summed E-state index contributed by atoms with van der Waals surface area (Å²) >= 11 is 0. The van der Waals surface area contributed by atoms with Gasteiger partial charge in [-0.1, -0.05) is 26.0 Å². The monoisotopic (exact) mass is 292 g/mol. The molecule has 116 valence electrons. The average Bonchev–Trinajstić information content (AvgIpc) is 2.45. The third-order valence-electron chi connectivity index (χ3n) is 4.34. The van der Waals surface area contributed by atoms with Crippen LogP contribution in [-0.4, -0.2) is 30.4 Å². The molecule has 0 aromatic heterocycles. The van der Waals surface area contributed by atoms with Gasteiger partial charge in [-0.3, -0.25) is 0 Å². The van der Waals surface area contributed by atoms with Crippen LogP contribution in [0.1, 0.15) is 45.1 Å². The molecule has 0 unspecified atom stereocenters. The van der Waals surface area contributed by atoms with Gasteiger partial charge < -0.3 is 19.5 Å². The number of methoxy groups -OCH3 is 1. The molecule has 0 spiro atoms. The Morgan fingerprint density at radius 3 is 2.48 bits per heavy atom. The van der Waals surface area contributed by atoms with Crippen molar-refractivity contribution in [2.24, 2.45) is 5.41 Å². The van der Waals surface area contributed by atoms with E-state index in [9.17, 15) is 10.0 Å². The van der Waals surface area contributed by atoms with Crippen LogP contribution in [0.15, 0.2) is 18.2 Å². The van der Waals surface area contributed by atoms with Crippen molar-refractivity contribution in [2.75, 3.05) is 7.11 Å². The summed E-state index contributed by atoms with van der Waals surface area (Å²) in [4.78, 5) is 0. The summed E-state index contributed by atoms with van der Waals surface area (Å²) in [6.07, 6.45) is 4.89. The molecule has 1 saturated carbocycles. The van der Waals surface area contributed by atoms with Gasteiger partial charge in [0.25, 0.3) is 0 Å².